The summed E-state index contributed by atoms with van der Waals surface area (Å²) >= 11 is 0. The molecular formula is C38H63O8P. The summed E-state index contributed by atoms with van der Waals surface area (Å²) in [7, 11) is -4.77. The summed E-state index contributed by atoms with van der Waals surface area (Å²) in [6.07, 6.45) is 42.0. The average molecular weight is 679 g/mol. The maximum atomic E-state index is 12.3. The lowest BCUT2D eigenvalue weighted by atomic mass is 10.1. The molecule has 0 aromatic carbocycles. The van der Waals surface area contributed by atoms with E-state index < -0.39 is 32.5 Å². The summed E-state index contributed by atoms with van der Waals surface area (Å²) in [4.78, 5) is 42.6. The molecule has 0 spiro atoms. The molecule has 0 aliphatic rings. The predicted octanol–water partition coefficient (Wildman–Crippen LogP) is 10.3. The van der Waals surface area contributed by atoms with E-state index in [1.165, 1.54) is 19.3 Å². The van der Waals surface area contributed by atoms with Gasteiger partial charge in [0.05, 0.1) is 6.61 Å². The van der Waals surface area contributed by atoms with Gasteiger partial charge in [0.15, 0.2) is 6.10 Å². The first-order valence-electron chi connectivity index (χ1n) is 17.7. The Morgan fingerprint density at radius 2 is 1.04 bits per heavy atom. The summed E-state index contributed by atoms with van der Waals surface area (Å²) < 4.78 is 26.2. The number of allylic oxidation sites excluding steroid dienone is 12. The van der Waals surface area contributed by atoms with Crippen LogP contribution in [0.25, 0.3) is 0 Å². The summed E-state index contributed by atoms with van der Waals surface area (Å²) in [5, 5.41) is 0. The largest absolute Gasteiger partial charge is 0.469 e. The van der Waals surface area contributed by atoms with E-state index in [0.29, 0.717) is 19.3 Å². The molecule has 0 radical (unpaired) electrons. The third-order valence-electron chi connectivity index (χ3n) is 6.96. The van der Waals surface area contributed by atoms with Crippen molar-refractivity contribution in [3.8, 4) is 0 Å². The van der Waals surface area contributed by atoms with Crippen LogP contribution >= 0.6 is 7.82 Å². The zero-order chi connectivity index (χ0) is 34.7. The molecule has 0 amide bonds. The van der Waals surface area contributed by atoms with E-state index in [1.54, 1.807) is 0 Å². The molecule has 1 atom stereocenters. The standard InChI is InChI=1S/C38H63O8P/c1-3-5-7-9-11-13-15-17-18-19-20-21-23-25-27-29-31-33-38(40)46-36(35-45-47(41,42)43)34-44-37(39)32-30-28-26-24-22-16-14-12-10-8-6-4-2/h5,7,11-14,17-18,20-21,25,27,36H,3-4,6,8-10,15-16,19,22-24,26,28-35H2,1-2H3,(H2,41,42,43)/b7-5-,13-11-,14-12-,18-17-,21-20-,27-25-. The number of phosphoric ester groups is 1. The van der Waals surface area contributed by atoms with Gasteiger partial charge in [-0.05, 0) is 77.0 Å². The quantitative estimate of drug-likeness (QED) is 0.0322. The summed E-state index contributed by atoms with van der Waals surface area (Å²) in [6.45, 7) is 3.46. The van der Waals surface area contributed by atoms with Gasteiger partial charge < -0.3 is 19.3 Å². The number of phosphoric acid groups is 1. The first-order valence-corrected chi connectivity index (χ1v) is 19.3. The molecule has 2 N–H and O–H groups in total. The molecule has 47 heavy (non-hydrogen) atoms. The summed E-state index contributed by atoms with van der Waals surface area (Å²) in [6, 6.07) is 0. The van der Waals surface area contributed by atoms with Crippen molar-refractivity contribution < 1.29 is 37.9 Å². The fourth-order valence-corrected chi connectivity index (χ4v) is 4.70. The second-order valence-corrected chi connectivity index (χ2v) is 12.7. The second-order valence-electron chi connectivity index (χ2n) is 11.5. The number of hydrogen-bond donors (Lipinski definition) is 2. The molecule has 0 heterocycles. The van der Waals surface area contributed by atoms with Crippen LogP contribution in [-0.4, -0.2) is 41.0 Å². The first-order chi connectivity index (χ1) is 22.8. The van der Waals surface area contributed by atoms with Crippen LogP contribution in [-0.2, 0) is 28.2 Å². The Morgan fingerprint density at radius 1 is 0.574 bits per heavy atom. The van der Waals surface area contributed by atoms with Crippen molar-refractivity contribution >= 4 is 19.8 Å². The highest BCUT2D eigenvalue weighted by Gasteiger charge is 2.22. The van der Waals surface area contributed by atoms with E-state index in [-0.39, 0.29) is 19.4 Å². The minimum Gasteiger partial charge on any atom is -0.462 e. The number of carbonyl (C=O) groups excluding carboxylic acids is 2. The third-order valence-corrected chi connectivity index (χ3v) is 7.44. The molecule has 0 aromatic heterocycles. The van der Waals surface area contributed by atoms with Crippen LogP contribution in [0.5, 0.6) is 0 Å². The second kappa shape index (κ2) is 33.4. The highest BCUT2D eigenvalue weighted by Crippen LogP contribution is 2.35. The topological polar surface area (TPSA) is 119 Å². The van der Waals surface area contributed by atoms with Crippen LogP contribution in [0, 0.1) is 0 Å². The van der Waals surface area contributed by atoms with E-state index in [2.05, 4.69) is 79.1 Å². The molecule has 9 heteroatoms. The highest BCUT2D eigenvalue weighted by atomic mass is 31.2. The van der Waals surface area contributed by atoms with Gasteiger partial charge in [-0.15, -0.1) is 0 Å². The molecule has 8 nitrogen and oxygen atoms in total. The van der Waals surface area contributed by atoms with Crippen molar-refractivity contribution in [1.82, 2.24) is 0 Å². The third kappa shape index (κ3) is 36.2. The predicted molar refractivity (Wildman–Crippen MR) is 193 cm³/mol. The Kier molecular flexibility index (Phi) is 31.6. The van der Waals surface area contributed by atoms with Gasteiger partial charge in [0.25, 0.3) is 0 Å². The molecule has 0 aromatic rings. The lowest BCUT2D eigenvalue weighted by Crippen LogP contribution is -2.29. The Hall–Kier alpha value is -2.51. The monoisotopic (exact) mass is 678 g/mol. The van der Waals surface area contributed by atoms with E-state index in [4.69, 9.17) is 19.3 Å². The molecule has 268 valence electrons. The number of ether oxygens (including phenoxy) is 2. The van der Waals surface area contributed by atoms with E-state index >= 15 is 0 Å². The maximum absolute atomic E-state index is 12.3. The lowest BCUT2D eigenvalue weighted by molar-refractivity contribution is -0.161. The Bertz CT molecular complexity index is 990. The van der Waals surface area contributed by atoms with Gasteiger partial charge in [0.2, 0.25) is 0 Å². The van der Waals surface area contributed by atoms with Crippen LogP contribution in [0.3, 0.4) is 0 Å². The fraction of sp³-hybridized carbons (Fsp3) is 0.632. The van der Waals surface area contributed by atoms with Crippen LogP contribution < -0.4 is 0 Å². The Labute approximate surface area is 285 Å². The smallest absolute Gasteiger partial charge is 0.462 e. The Balaban J connectivity index is 4.14. The molecule has 0 saturated carbocycles. The normalized spacial score (nSPS) is 13.4. The molecular weight excluding hydrogens is 615 g/mol. The first kappa shape index (κ1) is 44.5. The van der Waals surface area contributed by atoms with Crippen LogP contribution in [0.15, 0.2) is 72.9 Å². The van der Waals surface area contributed by atoms with E-state index in [0.717, 1.165) is 70.6 Å². The van der Waals surface area contributed by atoms with Gasteiger partial charge in [-0.3, -0.25) is 14.1 Å². The van der Waals surface area contributed by atoms with E-state index in [9.17, 15) is 14.2 Å². The molecule has 0 fully saturated rings. The summed E-state index contributed by atoms with van der Waals surface area (Å²) in [5.74, 6) is -0.973. The highest BCUT2D eigenvalue weighted by molar-refractivity contribution is 7.46. The molecule has 0 bridgehead atoms. The zero-order valence-electron chi connectivity index (χ0n) is 29.1. The fourth-order valence-electron chi connectivity index (χ4n) is 4.34. The summed E-state index contributed by atoms with van der Waals surface area (Å²) in [5.41, 5.74) is 0. The average Bonchev–Trinajstić information content (AvgIpc) is 3.04. The zero-order valence-corrected chi connectivity index (χ0v) is 30.0. The van der Waals surface area contributed by atoms with Gasteiger partial charge in [0, 0.05) is 12.8 Å². The molecule has 0 aliphatic heterocycles. The van der Waals surface area contributed by atoms with E-state index in [1.807, 2.05) is 12.2 Å². The molecule has 0 rings (SSSR count). The minimum absolute atomic E-state index is 0.128. The van der Waals surface area contributed by atoms with Gasteiger partial charge in [0.1, 0.15) is 6.61 Å². The van der Waals surface area contributed by atoms with Crippen LogP contribution in [0.1, 0.15) is 136 Å². The molecule has 1 unspecified atom stereocenters. The Morgan fingerprint density at radius 3 is 1.62 bits per heavy atom. The lowest BCUT2D eigenvalue weighted by Gasteiger charge is -2.18. The number of carbonyl (C=O) groups is 2. The number of hydrogen-bond acceptors (Lipinski definition) is 6. The van der Waals surface area contributed by atoms with Crippen LogP contribution in [0.4, 0.5) is 0 Å². The minimum atomic E-state index is -4.77. The van der Waals surface area contributed by atoms with Crippen molar-refractivity contribution in [3.05, 3.63) is 72.9 Å². The van der Waals surface area contributed by atoms with Crippen molar-refractivity contribution in [1.29, 1.82) is 0 Å². The van der Waals surface area contributed by atoms with Crippen molar-refractivity contribution in [2.24, 2.45) is 0 Å². The number of unbranched alkanes of at least 4 members (excludes halogenated alkanes) is 9. The number of esters is 2. The molecule has 0 saturated heterocycles. The SMILES string of the molecule is CC/C=C\C/C=C\C/C=C\C/C=C\C/C=C\CCCC(=O)OC(COC(=O)CCCCCCC/C=C\CCCCC)COP(=O)(O)O. The van der Waals surface area contributed by atoms with Crippen molar-refractivity contribution in [3.63, 3.8) is 0 Å². The van der Waals surface area contributed by atoms with Crippen LogP contribution in [0.2, 0.25) is 0 Å². The number of rotatable bonds is 31. The maximum Gasteiger partial charge on any atom is 0.469 e. The van der Waals surface area contributed by atoms with Crippen molar-refractivity contribution in [2.75, 3.05) is 13.2 Å². The van der Waals surface area contributed by atoms with Gasteiger partial charge >= 0.3 is 19.8 Å². The van der Waals surface area contributed by atoms with Gasteiger partial charge in [-0.2, -0.15) is 0 Å². The van der Waals surface area contributed by atoms with Gasteiger partial charge in [-0.1, -0.05) is 119 Å². The molecule has 0 aliphatic carbocycles. The van der Waals surface area contributed by atoms with Crippen molar-refractivity contribution in [2.45, 2.75) is 142 Å². The van der Waals surface area contributed by atoms with Gasteiger partial charge in [-0.25, -0.2) is 4.57 Å².